The largest absolute Gasteiger partial charge is 0.497 e. The molecule has 2 aromatic carbocycles. The van der Waals surface area contributed by atoms with Crippen LogP contribution in [0.1, 0.15) is 35.3 Å². The minimum atomic E-state index is -0.158. The highest BCUT2D eigenvalue weighted by Crippen LogP contribution is 2.17. The molecular weight excluding hydrogens is 352 g/mol. The second kappa shape index (κ2) is 8.30. The second-order valence-electron chi connectivity index (χ2n) is 7.52. The van der Waals surface area contributed by atoms with Crippen molar-refractivity contribution in [2.75, 3.05) is 13.7 Å². The van der Waals surface area contributed by atoms with Crippen molar-refractivity contribution in [3.05, 3.63) is 75.6 Å². The fourth-order valence-corrected chi connectivity index (χ4v) is 3.26. The summed E-state index contributed by atoms with van der Waals surface area (Å²) in [5, 5.41) is 0.960. The number of aryl methyl sites for hydroxylation is 1. The lowest BCUT2D eigenvalue weighted by atomic mass is 10.1. The molecule has 0 saturated carbocycles. The minimum Gasteiger partial charge on any atom is -0.497 e. The van der Waals surface area contributed by atoms with Crippen LogP contribution in [0.4, 0.5) is 0 Å². The predicted octanol–water partition coefficient (Wildman–Crippen LogP) is 4.14. The average molecular weight is 378 g/mol. The number of H-pyrrole nitrogens is 1. The Morgan fingerprint density at radius 2 is 1.82 bits per heavy atom. The summed E-state index contributed by atoms with van der Waals surface area (Å²) in [7, 11) is 1.59. The zero-order valence-corrected chi connectivity index (χ0v) is 16.8. The van der Waals surface area contributed by atoms with E-state index in [2.05, 4.69) is 18.8 Å². The van der Waals surface area contributed by atoms with Gasteiger partial charge >= 0.3 is 0 Å². The number of aromatic nitrogens is 1. The fourth-order valence-electron chi connectivity index (χ4n) is 3.26. The van der Waals surface area contributed by atoms with Crippen molar-refractivity contribution in [1.29, 1.82) is 0 Å². The Bertz CT molecular complexity index is 1040. The van der Waals surface area contributed by atoms with Crippen LogP contribution in [-0.4, -0.2) is 29.4 Å². The Balaban J connectivity index is 1.92. The van der Waals surface area contributed by atoms with E-state index in [0.717, 1.165) is 16.5 Å². The molecule has 0 bridgehead atoms. The van der Waals surface area contributed by atoms with Crippen molar-refractivity contribution in [2.45, 2.75) is 27.3 Å². The van der Waals surface area contributed by atoms with Gasteiger partial charge in [0, 0.05) is 23.2 Å². The zero-order chi connectivity index (χ0) is 20.3. The van der Waals surface area contributed by atoms with Crippen molar-refractivity contribution in [3.63, 3.8) is 0 Å². The van der Waals surface area contributed by atoms with Gasteiger partial charge in [0.1, 0.15) is 5.75 Å². The highest BCUT2D eigenvalue weighted by Gasteiger charge is 2.19. The smallest absolute Gasteiger partial charge is 0.254 e. The van der Waals surface area contributed by atoms with E-state index in [1.54, 1.807) is 36.3 Å². The highest BCUT2D eigenvalue weighted by atomic mass is 16.5. The van der Waals surface area contributed by atoms with Gasteiger partial charge < -0.3 is 14.6 Å². The summed E-state index contributed by atoms with van der Waals surface area (Å²) in [6.07, 6.45) is 0. The molecule has 3 aromatic rings. The van der Waals surface area contributed by atoms with Crippen LogP contribution in [0.15, 0.2) is 53.3 Å². The Kier molecular flexibility index (Phi) is 5.83. The lowest BCUT2D eigenvalue weighted by Gasteiger charge is -2.25. The third-order valence-corrected chi connectivity index (χ3v) is 4.65. The number of methoxy groups -OCH3 is 1. The van der Waals surface area contributed by atoms with Crippen LogP contribution in [0.25, 0.3) is 10.9 Å². The van der Waals surface area contributed by atoms with Gasteiger partial charge in [0.25, 0.3) is 11.5 Å². The van der Waals surface area contributed by atoms with E-state index in [9.17, 15) is 9.59 Å². The fraction of sp³-hybridized carbons (Fsp3) is 0.304. The summed E-state index contributed by atoms with van der Waals surface area (Å²) < 4.78 is 5.16. The molecule has 0 fully saturated rings. The number of fused-ring (bicyclic) bond motifs is 1. The normalized spacial score (nSPS) is 11.0. The lowest BCUT2D eigenvalue weighted by Crippen LogP contribution is -2.35. The van der Waals surface area contributed by atoms with Gasteiger partial charge in [0.2, 0.25) is 0 Å². The molecule has 0 aliphatic rings. The van der Waals surface area contributed by atoms with E-state index in [-0.39, 0.29) is 23.9 Å². The van der Waals surface area contributed by atoms with Gasteiger partial charge in [-0.15, -0.1) is 0 Å². The van der Waals surface area contributed by atoms with Gasteiger partial charge in [0.05, 0.1) is 13.7 Å². The maximum Gasteiger partial charge on any atom is 0.254 e. The number of carbonyl (C=O) groups excluding carboxylic acids is 1. The predicted molar refractivity (Wildman–Crippen MR) is 112 cm³/mol. The summed E-state index contributed by atoms with van der Waals surface area (Å²) in [5.74, 6) is 0.886. The Morgan fingerprint density at radius 1 is 1.11 bits per heavy atom. The number of amides is 1. The summed E-state index contributed by atoms with van der Waals surface area (Å²) >= 11 is 0. The Labute approximate surface area is 165 Å². The van der Waals surface area contributed by atoms with E-state index in [1.165, 1.54) is 0 Å². The third kappa shape index (κ3) is 4.42. The molecule has 146 valence electrons. The number of carbonyl (C=O) groups is 1. The number of hydrogen-bond acceptors (Lipinski definition) is 3. The first-order valence-corrected chi connectivity index (χ1v) is 9.43. The van der Waals surface area contributed by atoms with Crippen LogP contribution in [0.2, 0.25) is 0 Å². The number of benzene rings is 2. The highest BCUT2D eigenvalue weighted by molar-refractivity contribution is 5.94. The molecule has 0 atom stereocenters. The van der Waals surface area contributed by atoms with Gasteiger partial charge in [0.15, 0.2) is 0 Å². The number of aromatic amines is 1. The number of pyridine rings is 1. The quantitative estimate of drug-likeness (QED) is 0.701. The maximum absolute atomic E-state index is 13.1. The lowest BCUT2D eigenvalue weighted by molar-refractivity contribution is 0.0722. The number of hydrogen-bond donors (Lipinski definition) is 1. The molecule has 1 amide bonds. The summed E-state index contributed by atoms with van der Waals surface area (Å²) in [6, 6.07) is 14.9. The molecule has 1 N–H and O–H groups in total. The Morgan fingerprint density at radius 3 is 2.46 bits per heavy atom. The van der Waals surface area contributed by atoms with Gasteiger partial charge in [-0.2, -0.15) is 0 Å². The second-order valence-corrected chi connectivity index (χ2v) is 7.52. The molecule has 5 heteroatoms. The number of nitrogens with one attached hydrogen (secondary N) is 1. The van der Waals surface area contributed by atoms with E-state index in [1.807, 2.05) is 31.2 Å². The van der Waals surface area contributed by atoms with Crippen molar-refractivity contribution in [2.24, 2.45) is 5.92 Å². The SMILES string of the molecule is COc1ccc(C(=O)N(Cc2cc3ccc(C)cc3[nH]c2=O)CC(C)C)cc1. The zero-order valence-electron chi connectivity index (χ0n) is 16.8. The van der Waals surface area contributed by atoms with Crippen molar-refractivity contribution in [3.8, 4) is 5.75 Å². The van der Waals surface area contributed by atoms with E-state index in [0.29, 0.717) is 23.4 Å². The Hall–Kier alpha value is -3.08. The van der Waals surface area contributed by atoms with Crippen molar-refractivity contribution >= 4 is 16.8 Å². The first-order valence-electron chi connectivity index (χ1n) is 9.43. The van der Waals surface area contributed by atoms with Gasteiger partial charge in [-0.25, -0.2) is 0 Å². The molecule has 28 heavy (non-hydrogen) atoms. The molecule has 0 spiro atoms. The van der Waals surface area contributed by atoms with E-state index >= 15 is 0 Å². The maximum atomic E-state index is 13.1. The topological polar surface area (TPSA) is 62.4 Å². The monoisotopic (exact) mass is 378 g/mol. The number of ether oxygens (including phenoxy) is 1. The van der Waals surface area contributed by atoms with Crippen LogP contribution in [0.3, 0.4) is 0 Å². The molecule has 1 heterocycles. The molecule has 3 rings (SSSR count). The first-order chi connectivity index (χ1) is 13.4. The molecule has 0 aliphatic carbocycles. The molecule has 0 aliphatic heterocycles. The minimum absolute atomic E-state index is 0.0974. The number of nitrogens with zero attached hydrogens (tertiary/aromatic N) is 1. The van der Waals surface area contributed by atoms with Crippen LogP contribution in [0, 0.1) is 12.8 Å². The van der Waals surface area contributed by atoms with E-state index < -0.39 is 0 Å². The van der Waals surface area contributed by atoms with Crippen LogP contribution in [-0.2, 0) is 6.54 Å². The number of rotatable bonds is 6. The van der Waals surface area contributed by atoms with Gasteiger partial charge in [-0.1, -0.05) is 26.0 Å². The van der Waals surface area contributed by atoms with E-state index in [4.69, 9.17) is 4.74 Å². The van der Waals surface area contributed by atoms with Crippen molar-refractivity contribution < 1.29 is 9.53 Å². The summed E-state index contributed by atoms with van der Waals surface area (Å²) in [6.45, 7) is 6.94. The molecule has 5 nitrogen and oxygen atoms in total. The molecule has 0 unspecified atom stereocenters. The summed E-state index contributed by atoms with van der Waals surface area (Å²) in [4.78, 5) is 30.3. The summed E-state index contributed by atoms with van der Waals surface area (Å²) in [5.41, 5.74) is 2.90. The standard InChI is InChI=1S/C23H26N2O3/c1-15(2)13-25(23(27)17-7-9-20(28-4)10-8-17)14-19-12-18-6-5-16(3)11-21(18)24-22(19)26/h5-12,15H,13-14H2,1-4H3,(H,24,26). The van der Waals surface area contributed by atoms with Crippen LogP contribution in [0.5, 0.6) is 5.75 Å². The van der Waals surface area contributed by atoms with Gasteiger partial charge in [-0.05, 0) is 60.2 Å². The average Bonchev–Trinajstić information content (AvgIpc) is 2.67. The van der Waals surface area contributed by atoms with Crippen LogP contribution >= 0.6 is 0 Å². The molecular formula is C23H26N2O3. The first kappa shape index (κ1) is 19.7. The van der Waals surface area contributed by atoms with Crippen molar-refractivity contribution in [1.82, 2.24) is 9.88 Å². The molecule has 0 radical (unpaired) electrons. The molecule has 1 aromatic heterocycles. The third-order valence-electron chi connectivity index (χ3n) is 4.65. The van der Waals surface area contributed by atoms with Gasteiger partial charge in [-0.3, -0.25) is 9.59 Å². The van der Waals surface area contributed by atoms with Crippen LogP contribution < -0.4 is 10.3 Å². The molecule has 0 saturated heterocycles.